The van der Waals surface area contributed by atoms with Crippen molar-refractivity contribution in [3.05, 3.63) is 73.5 Å². The molecule has 2 unspecified atom stereocenters. The van der Waals surface area contributed by atoms with Gasteiger partial charge in [-0.25, -0.2) is 12.1 Å². The monoisotopic (exact) mass is 416 g/mol. The Balaban J connectivity index is 0.000000372. The summed E-state index contributed by atoms with van der Waals surface area (Å²) in [6.45, 7) is 6.61. The third kappa shape index (κ3) is 5.95. The molecule has 0 nitrogen and oxygen atoms in total. The molecule has 0 aliphatic heterocycles. The fourth-order valence-electron chi connectivity index (χ4n) is 3.87. The summed E-state index contributed by atoms with van der Waals surface area (Å²) in [5.74, 6) is 1.64. The first-order valence-electron chi connectivity index (χ1n) is 8.60. The molecule has 0 bridgehead atoms. The van der Waals surface area contributed by atoms with E-state index in [4.69, 9.17) is 0 Å². The van der Waals surface area contributed by atoms with Crippen LogP contribution in [0.25, 0.3) is 0 Å². The van der Waals surface area contributed by atoms with Crippen LogP contribution in [0.3, 0.4) is 0 Å². The molecule has 2 atom stereocenters. The van der Waals surface area contributed by atoms with E-state index in [1.54, 1.807) is 45.6 Å². The van der Waals surface area contributed by atoms with Gasteiger partial charge in [0.05, 0.1) is 0 Å². The van der Waals surface area contributed by atoms with Gasteiger partial charge in [0.25, 0.3) is 0 Å². The molecule has 134 valence electrons. The van der Waals surface area contributed by atoms with Crippen molar-refractivity contribution in [3.8, 4) is 0 Å². The quantitative estimate of drug-likeness (QED) is 0.382. The fraction of sp³-hybridized carbons (Fsp3) is 0.455. The van der Waals surface area contributed by atoms with Gasteiger partial charge in [-0.2, -0.15) is 46.5 Å². The fourth-order valence-corrected chi connectivity index (χ4v) is 3.87. The van der Waals surface area contributed by atoms with Crippen LogP contribution in [0.4, 0.5) is 0 Å². The first-order valence-corrected chi connectivity index (χ1v) is 14.5. The number of hydrogen-bond donors (Lipinski definition) is 0. The number of aryl methyl sites for hydroxylation is 2. The van der Waals surface area contributed by atoms with Crippen LogP contribution in [0.2, 0.25) is 0 Å². The molecule has 0 amide bonds. The van der Waals surface area contributed by atoms with Gasteiger partial charge in [-0.3, -0.25) is 0 Å². The standard InChI is InChI=1S/2C10H13.2CH3.H2Si.Zr/c2*1-8-4-2-5-9-6-3-7-10(8)9;;;;/h2*3,6-8H,2,4-5H2,1H3;2*1H3;1H2;/q4*-1;;. The van der Waals surface area contributed by atoms with E-state index in [1.807, 2.05) is 6.88 Å². The Bertz CT molecular complexity index is 516. The van der Waals surface area contributed by atoms with Gasteiger partial charge < -0.3 is 14.9 Å². The molecule has 0 spiro atoms. The van der Waals surface area contributed by atoms with E-state index in [2.05, 4.69) is 50.2 Å². The number of fused-ring (bicyclic) bond motifs is 2. The van der Waals surface area contributed by atoms with Crippen LogP contribution < -0.4 is 0 Å². The predicted octanol–water partition coefficient (Wildman–Crippen LogP) is 5.67. The first-order chi connectivity index (χ1) is 10.8. The second-order valence-corrected chi connectivity index (χ2v) is 6.60. The summed E-state index contributed by atoms with van der Waals surface area (Å²) >= 11 is 1.58. The second kappa shape index (κ2) is 12.2. The van der Waals surface area contributed by atoms with Gasteiger partial charge in [0, 0.05) is 0 Å². The van der Waals surface area contributed by atoms with Gasteiger partial charge in [-0.1, -0.05) is 64.2 Å². The Hall–Kier alpha value is -0.200. The summed E-state index contributed by atoms with van der Waals surface area (Å²) in [6, 6.07) is 13.5. The molecule has 2 aromatic rings. The minimum atomic E-state index is 0. The van der Waals surface area contributed by atoms with Crippen LogP contribution in [0.15, 0.2) is 36.4 Å². The third-order valence-electron chi connectivity index (χ3n) is 5.12. The molecule has 2 aromatic carbocycles. The topological polar surface area (TPSA) is 0 Å². The Morgan fingerprint density at radius 2 is 1.21 bits per heavy atom. The van der Waals surface area contributed by atoms with Crippen LogP contribution in [0, 0.1) is 14.9 Å². The normalized spacial score (nSPS) is 20.4. The zero-order chi connectivity index (χ0) is 15.9. The van der Waals surface area contributed by atoms with Crippen molar-refractivity contribution < 1.29 is 23.3 Å². The van der Waals surface area contributed by atoms with Crippen LogP contribution in [0.1, 0.15) is 73.6 Å². The molecular formula is C22H34SiZr-4. The SMILES string of the molecule is CC1CCCc2[cH-]ccc21.CC1CCCc2[cH-]ccc21.[CH3-].[CH3-].[SiH2]=[Zr]. The summed E-state index contributed by atoms with van der Waals surface area (Å²) in [6.07, 6.45) is 8.17. The van der Waals surface area contributed by atoms with E-state index < -0.39 is 0 Å². The Morgan fingerprint density at radius 3 is 1.54 bits per heavy atom. The molecule has 24 heavy (non-hydrogen) atoms. The average Bonchev–Trinajstić information content (AvgIpc) is 3.20. The maximum atomic E-state index is 2.33. The van der Waals surface area contributed by atoms with E-state index in [-0.39, 0.29) is 14.9 Å². The van der Waals surface area contributed by atoms with Crippen LogP contribution in [0.5, 0.6) is 0 Å². The minimum absolute atomic E-state index is 0. The van der Waals surface area contributed by atoms with Gasteiger partial charge in [-0.15, -0.1) is 0 Å². The van der Waals surface area contributed by atoms with Crippen LogP contribution in [-0.4, -0.2) is 6.88 Å². The van der Waals surface area contributed by atoms with Crippen molar-refractivity contribution in [2.45, 2.75) is 64.2 Å². The summed E-state index contributed by atoms with van der Waals surface area (Å²) in [5.41, 5.74) is 6.40. The van der Waals surface area contributed by atoms with E-state index in [1.165, 1.54) is 38.5 Å². The van der Waals surface area contributed by atoms with Crippen molar-refractivity contribution >= 4 is 6.88 Å². The molecule has 4 rings (SSSR count). The van der Waals surface area contributed by atoms with Crippen molar-refractivity contribution in [1.82, 2.24) is 0 Å². The molecular weight excluding hydrogens is 384 g/mol. The van der Waals surface area contributed by atoms with E-state index >= 15 is 0 Å². The van der Waals surface area contributed by atoms with Crippen LogP contribution in [-0.2, 0) is 36.2 Å². The van der Waals surface area contributed by atoms with E-state index in [9.17, 15) is 0 Å². The van der Waals surface area contributed by atoms with Crippen LogP contribution >= 0.6 is 0 Å². The Labute approximate surface area is 167 Å². The van der Waals surface area contributed by atoms with Gasteiger partial charge in [-0.05, 0) is 0 Å². The van der Waals surface area contributed by atoms with Crippen molar-refractivity contribution in [1.29, 1.82) is 0 Å². The summed E-state index contributed by atoms with van der Waals surface area (Å²) in [4.78, 5) is 0. The summed E-state index contributed by atoms with van der Waals surface area (Å²) in [7, 11) is 0. The predicted molar refractivity (Wildman–Crippen MR) is 108 cm³/mol. The van der Waals surface area contributed by atoms with Gasteiger partial charge in [0.15, 0.2) is 0 Å². The second-order valence-electron chi connectivity index (χ2n) is 6.60. The number of hydrogen-bond acceptors (Lipinski definition) is 0. The Kier molecular flexibility index (Phi) is 12.1. The van der Waals surface area contributed by atoms with E-state index in [0.717, 1.165) is 11.8 Å². The summed E-state index contributed by atoms with van der Waals surface area (Å²) < 4.78 is 0. The van der Waals surface area contributed by atoms with Crippen molar-refractivity contribution in [2.24, 2.45) is 0 Å². The maximum absolute atomic E-state index is 2.33. The third-order valence-corrected chi connectivity index (χ3v) is 5.12. The summed E-state index contributed by atoms with van der Waals surface area (Å²) in [5, 5.41) is 0. The molecule has 0 saturated heterocycles. The zero-order valence-corrected chi connectivity index (χ0v) is 19.9. The van der Waals surface area contributed by atoms with Crippen molar-refractivity contribution in [2.75, 3.05) is 0 Å². The molecule has 0 heterocycles. The van der Waals surface area contributed by atoms with Gasteiger partial charge in [0.2, 0.25) is 0 Å². The number of rotatable bonds is 0. The molecule has 2 aliphatic rings. The molecule has 2 heteroatoms. The van der Waals surface area contributed by atoms with Crippen molar-refractivity contribution in [3.63, 3.8) is 0 Å². The van der Waals surface area contributed by atoms with Gasteiger partial charge in [0.1, 0.15) is 0 Å². The average molecular weight is 418 g/mol. The molecule has 2 aliphatic carbocycles. The zero-order valence-electron chi connectivity index (χ0n) is 16.1. The van der Waals surface area contributed by atoms with E-state index in [0.29, 0.717) is 0 Å². The molecule has 0 fully saturated rings. The molecule has 0 aromatic heterocycles. The Morgan fingerprint density at radius 1 is 0.833 bits per heavy atom. The molecule has 0 saturated carbocycles. The van der Waals surface area contributed by atoms with Gasteiger partial charge >= 0.3 is 30.2 Å². The first kappa shape index (κ1) is 23.8. The molecule has 0 N–H and O–H groups in total. The molecule has 0 radical (unpaired) electrons.